The molecule has 7 nitrogen and oxygen atoms in total. The highest BCUT2D eigenvalue weighted by Crippen LogP contribution is 2.19. The smallest absolute Gasteiger partial charge is 0.259 e. The number of nitrogens with two attached hydrogens (primary N) is 1. The van der Waals surface area contributed by atoms with E-state index in [4.69, 9.17) is 20.1 Å². The largest absolute Gasteiger partial charge is 0.485 e. The number of amides is 1. The van der Waals surface area contributed by atoms with Crippen LogP contribution in [0.1, 0.15) is 16.1 Å². The Balaban J connectivity index is 2.04. The third-order valence-corrected chi connectivity index (χ3v) is 2.71. The van der Waals surface area contributed by atoms with Crippen molar-refractivity contribution in [1.82, 2.24) is 0 Å². The molecular formula is C14H15N3O4. The molecule has 0 aliphatic rings. The van der Waals surface area contributed by atoms with Crippen LogP contribution in [0, 0.1) is 6.92 Å². The number of hydrogen-bond donors (Lipinski definition) is 3. The summed E-state index contributed by atoms with van der Waals surface area (Å²) in [5, 5.41) is 14.0. The first-order chi connectivity index (χ1) is 10.1. The van der Waals surface area contributed by atoms with Crippen molar-refractivity contribution in [2.45, 2.75) is 6.92 Å². The summed E-state index contributed by atoms with van der Waals surface area (Å²) in [4.78, 5) is 12.0. The molecule has 0 atom stereocenters. The van der Waals surface area contributed by atoms with E-state index in [1.165, 1.54) is 6.26 Å². The zero-order chi connectivity index (χ0) is 15.2. The molecule has 2 aromatic rings. The molecule has 1 heterocycles. The molecule has 2 rings (SSSR count). The number of carbonyl (C=O) groups excluding carboxylic acids is 1. The van der Waals surface area contributed by atoms with Crippen LogP contribution >= 0.6 is 0 Å². The van der Waals surface area contributed by atoms with Gasteiger partial charge in [0, 0.05) is 11.8 Å². The van der Waals surface area contributed by atoms with Crippen molar-refractivity contribution in [1.29, 1.82) is 0 Å². The lowest BCUT2D eigenvalue weighted by atomic mass is 10.2. The van der Waals surface area contributed by atoms with Gasteiger partial charge in [-0.2, -0.15) is 0 Å². The maximum absolute atomic E-state index is 12.0. The van der Waals surface area contributed by atoms with Crippen LogP contribution in [-0.4, -0.2) is 23.6 Å². The van der Waals surface area contributed by atoms with Gasteiger partial charge in [0.15, 0.2) is 5.84 Å². The minimum atomic E-state index is -0.269. The Bertz CT molecular complexity index is 664. The van der Waals surface area contributed by atoms with E-state index in [0.717, 1.165) is 0 Å². The van der Waals surface area contributed by atoms with Gasteiger partial charge in [-0.3, -0.25) is 4.79 Å². The van der Waals surface area contributed by atoms with Crippen LogP contribution < -0.4 is 15.8 Å². The summed E-state index contributed by atoms with van der Waals surface area (Å²) in [6, 6.07) is 8.38. The van der Waals surface area contributed by atoms with Gasteiger partial charge in [-0.05, 0) is 25.1 Å². The number of anilines is 1. The van der Waals surface area contributed by atoms with Gasteiger partial charge < -0.3 is 25.4 Å². The third-order valence-electron chi connectivity index (χ3n) is 2.71. The number of oxime groups is 1. The molecule has 1 aromatic carbocycles. The van der Waals surface area contributed by atoms with Gasteiger partial charge in [0.25, 0.3) is 5.91 Å². The van der Waals surface area contributed by atoms with E-state index in [-0.39, 0.29) is 18.3 Å². The molecule has 0 fully saturated rings. The fourth-order valence-corrected chi connectivity index (χ4v) is 1.67. The van der Waals surface area contributed by atoms with Crippen LogP contribution in [-0.2, 0) is 0 Å². The molecule has 0 radical (unpaired) electrons. The number of hydrogen-bond acceptors (Lipinski definition) is 5. The van der Waals surface area contributed by atoms with Crippen molar-refractivity contribution in [3.63, 3.8) is 0 Å². The van der Waals surface area contributed by atoms with Gasteiger partial charge in [0.2, 0.25) is 0 Å². The molecule has 0 saturated heterocycles. The lowest BCUT2D eigenvalue weighted by Crippen LogP contribution is -2.20. The normalized spacial score (nSPS) is 11.2. The summed E-state index contributed by atoms with van der Waals surface area (Å²) in [6.45, 7) is 1.67. The number of furan rings is 1. The maximum atomic E-state index is 12.0. The van der Waals surface area contributed by atoms with E-state index in [9.17, 15) is 4.79 Å². The number of ether oxygens (including phenoxy) is 1. The first-order valence-corrected chi connectivity index (χ1v) is 6.15. The highest BCUT2D eigenvalue weighted by Gasteiger charge is 2.11. The highest BCUT2D eigenvalue weighted by molar-refractivity contribution is 6.04. The van der Waals surface area contributed by atoms with Gasteiger partial charge in [0.05, 0.1) is 11.8 Å². The summed E-state index contributed by atoms with van der Waals surface area (Å²) in [6.07, 6.45) is 1.46. The van der Waals surface area contributed by atoms with Crippen molar-refractivity contribution in [2.75, 3.05) is 11.9 Å². The van der Waals surface area contributed by atoms with E-state index in [1.807, 2.05) is 0 Å². The zero-order valence-corrected chi connectivity index (χ0v) is 11.4. The number of nitrogens with one attached hydrogen (secondary N) is 1. The molecule has 110 valence electrons. The lowest BCUT2D eigenvalue weighted by Gasteiger charge is -2.08. The van der Waals surface area contributed by atoms with Gasteiger partial charge in [-0.15, -0.1) is 0 Å². The number of benzene rings is 1. The Morgan fingerprint density at radius 2 is 2.29 bits per heavy atom. The van der Waals surface area contributed by atoms with Crippen LogP contribution in [0.15, 0.2) is 46.2 Å². The molecule has 0 aliphatic heterocycles. The predicted octanol–water partition coefficient (Wildman–Crippen LogP) is 1.97. The van der Waals surface area contributed by atoms with E-state index in [0.29, 0.717) is 22.8 Å². The predicted molar refractivity (Wildman–Crippen MR) is 76.7 cm³/mol. The zero-order valence-electron chi connectivity index (χ0n) is 11.4. The first-order valence-electron chi connectivity index (χ1n) is 6.15. The second-order valence-electron chi connectivity index (χ2n) is 4.25. The highest BCUT2D eigenvalue weighted by atomic mass is 16.5. The van der Waals surface area contributed by atoms with Crippen molar-refractivity contribution in [3.8, 4) is 5.75 Å². The van der Waals surface area contributed by atoms with E-state index < -0.39 is 0 Å². The molecule has 0 bridgehead atoms. The molecule has 21 heavy (non-hydrogen) atoms. The Labute approximate surface area is 121 Å². The van der Waals surface area contributed by atoms with Crippen LogP contribution in [0.2, 0.25) is 0 Å². The van der Waals surface area contributed by atoms with Crippen LogP contribution in [0.25, 0.3) is 0 Å². The molecule has 7 heteroatoms. The lowest BCUT2D eigenvalue weighted by molar-refractivity contribution is 0.102. The number of carbonyl (C=O) groups is 1. The molecule has 0 saturated carbocycles. The molecule has 1 aromatic heterocycles. The quantitative estimate of drug-likeness (QED) is 0.337. The molecule has 1 amide bonds. The maximum Gasteiger partial charge on any atom is 0.259 e. The third kappa shape index (κ3) is 3.75. The van der Waals surface area contributed by atoms with Gasteiger partial charge in [-0.1, -0.05) is 11.2 Å². The summed E-state index contributed by atoms with van der Waals surface area (Å²) in [5.41, 5.74) is 6.35. The van der Waals surface area contributed by atoms with Crippen LogP contribution in [0.3, 0.4) is 0 Å². The minimum absolute atomic E-state index is 0.0431. The van der Waals surface area contributed by atoms with E-state index in [2.05, 4.69) is 10.5 Å². The van der Waals surface area contributed by atoms with Gasteiger partial charge in [0.1, 0.15) is 18.1 Å². The first kappa shape index (κ1) is 14.4. The fraction of sp³-hybridized carbons (Fsp3) is 0.143. The molecular weight excluding hydrogens is 274 g/mol. The Kier molecular flexibility index (Phi) is 4.45. The monoisotopic (exact) mass is 289 g/mol. The van der Waals surface area contributed by atoms with Crippen LogP contribution in [0.4, 0.5) is 5.69 Å². The standard InChI is InChI=1S/C14H15N3O4/c1-9-12(5-6-20-9)14(18)16-10-3-2-4-11(7-10)21-8-13(15)17-19/h2-7,19H,8H2,1H3,(H2,15,17)(H,16,18). The summed E-state index contributed by atoms with van der Waals surface area (Å²) >= 11 is 0. The van der Waals surface area contributed by atoms with Gasteiger partial charge >= 0.3 is 0 Å². The minimum Gasteiger partial charge on any atom is -0.485 e. The molecule has 0 aliphatic carbocycles. The van der Waals surface area contributed by atoms with E-state index >= 15 is 0 Å². The van der Waals surface area contributed by atoms with Crippen molar-refractivity contribution in [3.05, 3.63) is 47.9 Å². The SMILES string of the molecule is Cc1occc1C(=O)Nc1cccc(OC/C(N)=N/O)c1. The average Bonchev–Trinajstić information content (AvgIpc) is 2.91. The second-order valence-corrected chi connectivity index (χ2v) is 4.25. The van der Waals surface area contributed by atoms with Crippen molar-refractivity contribution < 1.29 is 19.2 Å². The number of aryl methyl sites for hydroxylation is 1. The molecule has 0 unspecified atom stereocenters. The average molecular weight is 289 g/mol. The van der Waals surface area contributed by atoms with Crippen molar-refractivity contribution >= 4 is 17.4 Å². The number of nitrogens with zero attached hydrogens (tertiary/aromatic N) is 1. The van der Waals surface area contributed by atoms with Gasteiger partial charge in [-0.25, -0.2) is 0 Å². The van der Waals surface area contributed by atoms with Crippen LogP contribution in [0.5, 0.6) is 5.75 Å². The Hall–Kier alpha value is -2.96. The number of rotatable bonds is 5. The summed E-state index contributed by atoms with van der Waals surface area (Å²) in [7, 11) is 0. The molecule has 4 N–H and O–H groups in total. The second kappa shape index (κ2) is 6.47. The summed E-state index contributed by atoms with van der Waals surface area (Å²) in [5.74, 6) is 0.725. The topological polar surface area (TPSA) is 110 Å². The Morgan fingerprint density at radius 3 is 2.95 bits per heavy atom. The Morgan fingerprint density at radius 1 is 1.48 bits per heavy atom. The fourth-order valence-electron chi connectivity index (χ4n) is 1.67. The summed E-state index contributed by atoms with van der Waals surface area (Å²) < 4.78 is 10.4. The number of amidine groups is 1. The molecule has 0 spiro atoms. The van der Waals surface area contributed by atoms with E-state index in [1.54, 1.807) is 37.3 Å². The van der Waals surface area contributed by atoms with Crippen molar-refractivity contribution in [2.24, 2.45) is 10.9 Å².